The Balaban J connectivity index is 1.85. The van der Waals surface area contributed by atoms with E-state index in [1.54, 1.807) is 22.7 Å². The van der Waals surface area contributed by atoms with E-state index in [-0.39, 0.29) is 5.75 Å². The standard InChI is InChI=1S/C21H16N4O5/c1-30-18-11-14(6-8-17(18)27)20-21(24-9-3-2-4-19(24)23-20)22-12-13-5-7-16(26)15(10-13)25(28)29/h2-12,26-27H,1H3. The maximum Gasteiger partial charge on any atom is 0.311 e. The number of hydrogen-bond donors (Lipinski definition) is 2. The molecule has 0 fully saturated rings. The number of aromatic nitrogens is 2. The van der Waals surface area contributed by atoms with E-state index in [0.717, 1.165) is 0 Å². The summed E-state index contributed by atoms with van der Waals surface area (Å²) in [6, 6.07) is 14.4. The van der Waals surface area contributed by atoms with Crippen molar-refractivity contribution in [1.82, 2.24) is 9.38 Å². The average molecular weight is 404 g/mol. The van der Waals surface area contributed by atoms with Gasteiger partial charge >= 0.3 is 5.69 Å². The van der Waals surface area contributed by atoms with E-state index in [1.807, 2.05) is 18.2 Å². The molecule has 0 aliphatic rings. The molecule has 0 bridgehead atoms. The van der Waals surface area contributed by atoms with Gasteiger partial charge in [-0.05, 0) is 48.0 Å². The Morgan fingerprint density at radius 1 is 1.13 bits per heavy atom. The Morgan fingerprint density at radius 3 is 2.70 bits per heavy atom. The van der Waals surface area contributed by atoms with Crippen LogP contribution in [0.1, 0.15) is 5.56 Å². The van der Waals surface area contributed by atoms with Crippen LogP contribution in [0.15, 0.2) is 65.8 Å². The van der Waals surface area contributed by atoms with Crippen LogP contribution in [0.25, 0.3) is 16.9 Å². The molecule has 0 atom stereocenters. The number of aromatic hydroxyl groups is 2. The Morgan fingerprint density at radius 2 is 1.93 bits per heavy atom. The number of phenols is 2. The van der Waals surface area contributed by atoms with Crippen molar-refractivity contribution in [1.29, 1.82) is 0 Å². The summed E-state index contributed by atoms with van der Waals surface area (Å²) in [6.07, 6.45) is 3.26. The SMILES string of the molecule is COc1cc(-c2nc3ccccn3c2N=Cc2ccc(O)c([N+](=O)[O-])c2)ccc1O. The van der Waals surface area contributed by atoms with E-state index in [4.69, 9.17) is 4.74 Å². The topological polar surface area (TPSA) is 122 Å². The van der Waals surface area contributed by atoms with Gasteiger partial charge in [-0.2, -0.15) is 0 Å². The number of nitro groups is 1. The fourth-order valence-corrected chi connectivity index (χ4v) is 3.03. The number of hydrogen-bond acceptors (Lipinski definition) is 7. The van der Waals surface area contributed by atoms with Gasteiger partial charge in [-0.3, -0.25) is 14.5 Å². The van der Waals surface area contributed by atoms with E-state index in [2.05, 4.69) is 9.98 Å². The number of ether oxygens (including phenoxy) is 1. The minimum absolute atomic E-state index is 0.00599. The van der Waals surface area contributed by atoms with E-state index in [0.29, 0.717) is 34.0 Å². The summed E-state index contributed by atoms with van der Waals surface area (Å²) in [5, 5.41) is 30.6. The second-order valence-corrected chi connectivity index (χ2v) is 6.36. The Kier molecular flexibility index (Phi) is 4.77. The Bertz CT molecular complexity index is 1300. The van der Waals surface area contributed by atoms with Gasteiger partial charge in [0.15, 0.2) is 23.1 Å². The third kappa shape index (κ3) is 3.39. The molecular weight excluding hydrogens is 388 g/mol. The van der Waals surface area contributed by atoms with Gasteiger partial charge in [0.1, 0.15) is 11.3 Å². The molecule has 0 saturated heterocycles. The molecule has 9 heteroatoms. The molecule has 4 rings (SSSR count). The molecule has 0 spiro atoms. The zero-order chi connectivity index (χ0) is 21.3. The molecule has 2 heterocycles. The number of nitrogens with zero attached hydrogens (tertiary/aromatic N) is 4. The van der Waals surface area contributed by atoms with Gasteiger partial charge in [-0.15, -0.1) is 0 Å². The van der Waals surface area contributed by atoms with Crippen molar-refractivity contribution in [3.8, 4) is 28.5 Å². The lowest BCUT2D eigenvalue weighted by Crippen LogP contribution is -1.91. The van der Waals surface area contributed by atoms with Crippen molar-refractivity contribution in [3.63, 3.8) is 0 Å². The molecule has 2 aromatic heterocycles. The molecule has 0 aliphatic heterocycles. The summed E-state index contributed by atoms with van der Waals surface area (Å²) in [5.41, 5.74) is 1.92. The fraction of sp³-hybridized carbons (Fsp3) is 0.0476. The molecule has 0 amide bonds. The monoisotopic (exact) mass is 404 g/mol. The number of aliphatic imine (C=N–C) groups is 1. The number of benzene rings is 2. The Hall–Kier alpha value is -4.40. The first-order valence-electron chi connectivity index (χ1n) is 8.84. The first-order chi connectivity index (χ1) is 14.5. The minimum Gasteiger partial charge on any atom is -0.504 e. The lowest BCUT2D eigenvalue weighted by atomic mass is 10.1. The van der Waals surface area contributed by atoms with Crippen molar-refractivity contribution in [2.45, 2.75) is 0 Å². The predicted octanol–water partition coefficient (Wildman–Crippen LogP) is 4.08. The van der Waals surface area contributed by atoms with Crippen LogP contribution in [0.2, 0.25) is 0 Å². The quantitative estimate of drug-likeness (QED) is 0.294. The van der Waals surface area contributed by atoms with Crippen molar-refractivity contribution in [3.05, 3.63) is 76.5 Å². The lowest BCUT2D eigenvalue weighted by Gasteiger charge is -2.06. The number of nitro benzene ring substituents is 1. The highest BCUT2D eigenvalue weighted by Crippen LogP contribution is 2.36. The molecule has 30 heavy (non-hydrogen) atoms. The van der Waals surface area contributed by atoms with Crippen LogP contribution in [0, 0.1) is 10.1 Å². The highest BCUT2D eigenvalue weighted by atomic mass is 16.6. The summed E-state index contributed by atoms with van der Waals surface area (Å²) >= 11 is 0. The molecule has 9 nitrogen and oxygen atoms in total. The number of pyridine rings is 1. The van der Waals surface area contributed by atoms with Crippen LogP contribution < -0.4 is 4.74 Å². The van der Waals surface area contributed by atoms with Gasteiger partial charge in [0.25, 0.3) is 0 Å². The second kappa shape index (κ2) is 7.55. The van der Waals surface area contributed by atoms with E-state index in [1.165, 1.54) is 37.6 Å². The third-order valence-electron chi connectivity index (χ3n) is 4.49. The molecule has 0 unspecified atom stereocenters. The summed E-state index contributed by atoms with van der Waals surface area (Å²) in [5.74, 6) is 0.387. The van der Waals surface area contributed by atoms with Gasteiger partial charge < -0.3 is 14.9 Å². The maximum atomic E-state index is 11.1. The molecule has 2 aromatic carbocycles. The summed E-state index contributed by atoms with van der Waals surface area (Å²) in [7, 11) is 1.46. The zero-order valence-corrected chi connectivity index (χ0v) is 15.8. The van der Waals surface area contributed by atoms with Crippen molar-refractivity contribution in [2.75, 3.05) is 7.11 Å². The molecule has 0 aliphatic carbocycles. The fourth-order valence-electron chi connectivity index (χ4n) is 3.03. The highest BCUT2D eigenvalue weighted by Gasteiger charge is 2.16. The average Bonchev–Trinajstić information content (AvgIpc) is 3.12. The molecule has 0 radical (unpaired) electrons. The van der Waals surface area contributed by atoms with Gasteiger partial charge in [-0.1, -0.05) is 6.07 Å². The van der Waals surface area contributed by atoms with Crippen LogP contribution in [0.5, 0.6) is 17.2 Å². The van der Waals surface area contributed by atoms with E-state index < -0.39 is 16.4 Å². The summed E-state index contributed by atoms with van der Waals surface area (Å²) in [4.78, 5) is 19.5. The molecular formula is C21H16N4O5. The van der Waals surface area contributed by atoms with Crippen LogP contribution >= 0.6 is 0 Å². The maximum absolute atomic E-state index is 11.1. The first-order valence-corrected chi connectivity index (χ1v) is 8.84. The van der Waals surface area contributed by atoms with Crippen molar-refractivity contribution < 1.29 is 19.9 Å². The smallest absolute Gasteiger partial charge is 0.311 e. The van der Waals surface area contributed by atoms with Gasteiger partial charge in [-0.25, -0.2) is 9.98 Å². The van der Waals surface area contributed by atoms with Gasteiger partial charge in [0.2, 0.25) is 0 Å². The molecule has 2 N–H and O–H groups in total. The first kappa shape index (κ1) is 18.9. The number of phenolic OH excluding ortho intramolecular Hbond substituents is 2. The van der Waals surface area contributed by atoms with E-state index in [9.17, 15) is 20.3 Å². The predicted molar refractivity (Wildman–Crippen MR) is 111 cm³/mol. The largest absolute Gasteiger partial charge is 0.504 e. The van der Waals surface area contributed by atoms with Gasteiger partial charge in [0.05, 0.1) is 12.0 Å². The number of fused-ring (bicyclic) bond motifs is 1. The second-order valence-electron chi connectivity index (χ2n) is 6.36. The number of rotatable bonds is 5. The van der Waals surface area contributed by atoms with Gasteiger partial charge in [0, 0.05) is 24.0 Å². The normalized spacial score (nSPS) is 11.2. The highest BCUT2D eigenvalue weighted by molar-refractivity contribution is 5.86. The van der Waals surface area contributed by atoms with Crippen LogP contribution in [0.3, 0.4) is 0 Å². The molecule has 150 valence electrons. The molecule has 0 saturated carbocycles. The van der Waals surface area contributed by atoms with Crippen LogP contribution in [-0.4, -0.2) is 37.8 Å². The van der Waals surface area contributed by atoms with E-state index >= 15 is 0 Å². The summed E-state index contributed by atoms with van der Waals surface area (Å²) < 4.78 is 6.96. The summed E-state index contributed by atoms with van der Waals surface area (Å²) in [6.45, 7) is 0. The third-order valence-corrected chi connectivity index (χ3v) is 4.49. The van der Waals surface area contributed by atoms with Crippen LogP contribution in [-0.2, 0) is 0 Å². The van der Waals surface area contributed by atoms with Crippen molar-refractivity contribution in [2.24, 2.45) is 4.99 Å². The minimum atomic E-state index is -0.658. The lowest BCUT2D eigenvalue weighted by molar-refractivity contribution is -0.385. The van der Waals surface area contributed by atoms with Crippen molar-refractivity contribution >= 4 is 23.4 Å². The Labute approximate surface area is 170 Å². The zero-order valence-electron chi connectivity index (χ0n) is 15.8. The molecule has 4 aromatic rings. The number of methoxy groups -OCH3 is 1. The van der Waals surface area contributed by atoms with Crippen LogP contribution in [0.4, 0.5) is 11.5 Å². The number of imidazole rings is 1.